The van der Waals surface area contributed by atoms with E-state index in [0.717, 1.165) is 11.7 Å². The molecule has 30 heavy (non-hydrogen) atoms. The second-order valence-electron chi connectivity index (χ2n) is 8.26. The van der Waals surface area contributed by atoms with Crippen LogP contribution >= 0.6 is 8.46 Å². The summed E-state index contributed by atoms with van der Waals surface area (Å²) in [5.41, 5.74) is 1.12. The molecule has 3 rings (SSSR count). The number of ether oxygens (including phenoxy) is 1. The van der Waals surface area contributed by atoms with Gasteiger partial charge >= 0.3 is 6.64 Å². The first-order valence-corrected chi connectivity index (χ1v) is 12.4. The van der Waals surface area contributed by atoms with Gasteiger partial charge in [-0.3, -0.25) is 4.79 Å². The second kappa shape index (κ2) is 8.43. The minimum Gasteiger partial charge on any atom is -0.457 e. The number of nitrogens with one attached hydrogen (secondary N) is 1. The highest BCUT2D eigenvalue weighted by Crippen LogP contribution is 2.51. The van der Waals surface area contributed by atoms with Crippen LogP contribution in [0.1, 0.15) is 45.0 Å². The maximum atomic E-state index is 12.0. The Bertz CT molecular complexity index is 1020. The number of aldehydes is 1. The number of hydrogen-bond acceptors (Lipinski definition) is 5. The van der Waals surface area contributed by atoms with Crippen LogP contribution in [0.15, 0.2) is 47.4 Å². The molecule has 1 heterocycles. The van der Waals surface area contributed by atoms with Gasteiger partial charge in [0.2, 0.25) is 10.0 Å². The summed E-state index contributed by atoms with van der Waals surface area (Å²) in [6, 6.07) is 11.5. The molecule has 0 spiro atoms. The topological polar surface area (TPSA) is 81.7 Å². The van der Waals surface area contributed by atoms with Crippen molar-refractivity contribution in [3.63, 3.8) is 0 Å². The fourth-order valence-electron chi connectivity index (χ4n) is 3.17. The monoisotopic (exact) mass is 447 g/mol. The molecule has 1 aliphatic heterocycles. The molecule has 1 fully saturated rings. The van der Waals surface area contributed by atoms with Crippen molar-refractivity contribution in [3.8, 4) is 11.5 Å². The third kappa shape index (κ3) is 4.62. The van der Waals surface area contributed by atoms with E-state index < -0.39 is 10.0 Å². The third-order valence-corrected chi connectivity index (χ3v) is 9.16. The van der Waals surface area contributed by atoms with E-state index >= 15 is 0 Å². The van der Waals surface area contributed by atoms with Crippen LogP contribution in [0.25, 0.3) is 0 Å². The molecule has 0 saturated carbocycles. The molecular formula is C21H27BNO5PS. The van der Waals surface area contributed by atoms with Gasteiger partial charge in [-0.2, -0.15) is 0 Å². The van der Waals surface area contributed by atoms with Gasteiger partial charge in [0.15, 0.2) is 0 Å². The molecule has 1 saturated heterocycles. The van der Waals surface area contributed by atoms with Crippen molar-refractivity contribution in [2.45, 2.75) is 50.3 Å². The van der Waals surface area contributed by atoms with Crippen LogP contribution in [-0.2, 0) is 14.7 Å². The van der Waals surface area contributed by atoms with Gasteiger partial charge in [-0.25, -0.2) is 13.1 Å². The van der Waals surface area contributed by atoms with Crippen molar-refractivity contribution in [1.82, 2.24) is 4.72 Å². The number of carbonyl (C=O) groups excluding carboxylic acids is 1. The van der Waals surface area contributed by atoms with Gasteiger partial charge in [-0.15, -0.1) is 8.46 Å². The van der Waals surface area contributed by atoms with Gasteiger partial charge < -0.3 is 9.39 Å². The Labute approximate surface area is 180 Å². The summed E-state index contributed by atoms with van der Waals surface area (Å²) in [5.74, 6) is 0.985. The van der Waals surface area contributed by atoms with Crippen molar-refractivity contribution in [2.75, 3.05) is 6.54 Å². The molecule has 1 N–H and O–H groups in total. The van der Waals surface area contributed by atoms with Crippen LogP contribution in [0.5, 0.6) is 11.5 Å². The summed E-state index contributed by atoms with van der Waals surface area (Å²) in [5, 5.41) is 0.0156. The van der Waals surface area contributed by atoms with E-state index in [0.29, 0.717) is 32.1 Å². The Hall–Kier alpha value is -1.73. The van der Waals surface area contributed by atoms with Crippen LogP contribution < -0.4 is 14.9 Å². The van der Waals surface area contributed by atoms with E-state index in [9.17, 15) is 13.2 Å². The SMILES string of the molecule is CCNS(=O)(=O)c1ccc(Oc2ccc(B3OC(C)(C)C(C)(C)P3)c(C=O)c2)cc1. The van der Waals surface area contributed by atoms with E-state index in [4.69, 9.17) is 9.39 Å². The summed E-state index contributed by atoms with van der Waals surface area (Å²) < 4.78 is 38.6. The number of hydrogen-bond donors (Lipinski definition) is 1. The Morgan fingerprint density at radius 3 is 2.27 bits per heavy atom. The smallest absolute Gasteiger partial charge is 0.354 e. The first-order chi connectivity index (χ1) is 14.0. The lowest BCUT2D eigenvalue weighted by Gasteiger charge is -2.33. The zero-order valence-electron chi connectivity index (χ0n) is 17.9. The fraction of sp³-hybridized carbons (Fsp3) is 0.381. The Morgan fingerprint density at radius 1 is 1.10 bits per heavy atom. The molecule has 0 amide bonds. The van der Waals surface area contributed by atoms with Crippen molar-refractivity contribution in [1.29, 1.82) is 0 Å². The normalized spacial score (nSPS) is 18.5. The predicted molar refractivity (Wildman–Crippen MR) is 122 cm³/mol. The highest BCUT2D eigenvalue weighted by molar-refractivity contribution is 7.89. The van der Waals surface area contributed by atoms with Gasteiger partial charge in [0, 0.05) is 17.3 Å². The Balaban J connectivity index is 1.80. The molecule has 0 bridgehead atoms. The van der Waals surface area contributed by atoms with Crippen LogP contribution in [0.4, 0.5) is 0 Å². The lowest BCUT2D eigenvalue weighted by atomic mass is 9.80. The third-order valence-electron chi connectivity index (χ3n) is 5.58. The molecule has 0 aliphatic carbocycles. The maximum Gasteiger partial charge on any atom is 0.354 e. The van der Waals surface area contributed by atoms with E-state index in [1.807, 2.05) is 6.07 Å². The van der Waals surface area contributed by atoms with Crippen LogP contribution in [-0.4, -0.2) is 38.6 Å². The van der Waals surface area contributed by atoms with Crippen LogP contribution in [0.3, 0.4) is 0 Å². The van der Waals surface area contributed by atoms with Crippen molar-refractivity contribution < 1.29 is 22.6 Å². The number of carbonyl (C=O) groups is 1. The van der Waals surface area contributed by atoms with E-state index in [2.05, 4.69) is 32.4 Å². The maximum absolute atomic E-state index is 12.0. The van der Waals surface area contributed by atoms with Gasteiger partial charge in [-0.05, 0) is 55.7 Å². The lowest BCUT2D eigenvalue weighted by Crippen LogP contribution is -2.40. The Morgan fingerprint density at radius 2 is 1.73 bits per heavy atom. The van der Waals surface area contributed by atoms with E-state index in [-0.39, 0.29) is 22.3 Å². The van der Waals surface area contributed by atoms with E-state index in [1.54, 1.807) is 31.2 Å². The average molecular weight is 447 g/mol. The zero-order chi connectivity index (χ0) is 22.2. The number of sulfonamides is 1. The summed E-state index contributed by atoms with van der Waals surface area (Å²) in [7, 11) is -2.98. The van der Waals surface area contributed by atoms with Crippen molar-refractivity contribution >= 4 is 36.9 Å². The quantitative estimate of drug-likeness (QED) is 0.399. The molecule has 1 aliphatic rings. The molecule has 9 heteroatoms. The summed E-state index contributed by atoms with van der Waals surface area (Å²) in [6.07, 6.45) is 0.820. The zero-order valence-corrected chi connectivity index (χ0v) is 19.7. The molecule has 160 valence electrons. The fourth-order valence-corrected chi connectivity index (χ4v) is 6.04. The highest BCUT2D eigenvalue weighted by Gasteiger charge is 2.50. The van der Waals surface area contributed by atoms with Gasteiger partial charge in [0.05, 0.1) is 10.5 Å². The second-order valence-corrected chi connectivity index (χ2v) is 12.1. The van der Waals surface area contributed by atoms with Crippen molar-refractivity contribution in [3.05, 3.63) is 48.0 Å². The van der Waals surface area contributed by atoms with Gasteiger partial charge in [0.1, 0.15) is 17.8 Å². The molecule has 6 nitrogen and oxygen atoms in total. The largest absolute Gasteiger partial charge is 0.457 e. The molecule has 2 aromatic carbocycles. The first-order valence-electron chi connectivity index (χ1n) is 9.81. The van der Waals surface area contributed by atoms with Gasteiger partial charge in [0.25, 0.3) is 0 Å². The average Bonchev–Trinajstić information content (AvgIpc) is 2.89. The molecule has 1 atom stereocenters. The van der Waals surface area contributed by atoms with Crippen molar-refractivity contribution in [2.24, 2.45) is 0 Å². The lowest BCUT2D eigenvalue weighted by molar-refractivity contribution is 0.0932. The molecular weight excluding hydrogens is 420 g/mol. The van der Waals surface area contributed by atoms with Gasteiger partial charge in [-0.1, -0.05) is 26.8 Å². The minimum atomic E-state index is -3.51. The number of benzene rings is 2. The molecule has 0 aromatic heterocycles. The predicted octanol–water partition coefficient (Wildman–Crippen LogP) is 3.55. The Kier molecular flexibility index (Phi) is 6.45. The standard InChI is InChI=1S/C21H27BNO5PS/c1-6-23-30(25,26)18-10-7-16(8-11-18)27-17-9-12-19(15(13-17)14-24)22-28-20(2,3)21(4,5)29-22/h7-14,23,29H,6H2,1-5H3. The van der Waals surface area contributed by atoms with E-state index in [1.165, 1.54) is 12.1 Å². The minimum absolute atomic E-state index is 0.0156. The molecule has 0 radical (unpaired) electrons. The molecule has 1 unspecified atom stereocenters. The van der Waals surface area contributed by atoms with Crippen LogP contribution in [0.2, 0.25) is 0 Å². The number of rotatable bonds is 7. The highest BCUT2D eigenvalue weighted by atomic mass is 32.2. The summed E-state index contributed by atoms with van der Waals surface area (Å²) >= 11 is 0. The first kappa shape index (κ1) is 22.9. The molecule has 2 aromatic rings. The summed E-state index contributed by atoms with van der Waals surface area (Å²) in [6.45, 7) is 10.5. The van der Waals surface area contributed by atoms with Crippen LogP contribution in [0, 0.1) is 0 Å². The summed E-state index contributed by atoms with van der Waals surface area (Å²) in [4.78, 5) is 11.9.